The van der Waals surface area contributed by atoms with Crippen LogP contribution in [-0.2, 0) is 6.42 Å². The zero-order valence-corrected chi connectivity index (χ0v) is 16.1. The van der Waals surface area contributed by atoms with Crippen LogP contribution in [0.25, 0.3) is 0 Å². The minimum Gasteiger partial charge on any atom is -0.396 e. The number of carbonyl (C=O) groups excluding carboxylic acids is 1. The number of benzene rings is 2. The second-order valence-corrected chi connectivity index (χ2v) is 8.29. The molecule has 1 N–H and O–H groups in total. The van der Waals surface area contributed by atoms with E-state index in [1.165, 1.54) is 5.56 Å². The minimum atomic E-state index is -0.219. The van der Waals surface area contributed by atoms with E-state index in [2.05, 4.69) is 17.0 Å². The molecular formula is C23H28N2O2. The Labute approximate surface area is 161 Å². The number of carbonyl (C=O) groups is 1. The molecule has 0 saturated carbocycles. The second kappa shape index (κ2) is 7.01. The van der Waals surface area contributed by atoms with Crippen molar-refractivity contribution in [3.8, 4) is 0 Å². The van der Waals surface area contributed by atoms with Crippen LogP contribution in [0.2, 0.25) is 0 Å². The topological polar surface area (TPSA) is 43.8 Å². The fraction of sp³-hybridized carbons (Fsp3) is 0.435. The predicted octanol–water partition coefficient (Wildman–Crippen LogP) is 3.35. The van der Waals surface area contributed by atoms with E-state index in [9.17, 15) is 9.90 Å². The number of aliphatic hydroxyl groups is 1. The molecule has 2 aliphatic heterocycles. The third-order valence-electron chi connectivity index (χ3n) is 6.43. The number of rotatable bonds is 5. The fourth-order valence-corrected chi connectivity index (χ4v) is 5.07. The van der Waals surface area contributed by atoms with Gasteiger partial charge in [-0.1, -0.05) is 30.3 Å². The Kier molecular flexibility index (Phi) is 4.68. The van der Waals surface area contributed by atoms with Crippen LogP contribution in [0.3, 0.4) is 0 Å². The molecule has 0 unspecified atom stereocenters. The maximum absolute atomic E-state index is 13.3. The van der Waals surface area contributed by atoms with Crippen LogP contribution in [0.5, 0.6) is 0 Å². The molecule has 2 saturated heterocycles. The summed E-state index contributed by atoms with van der Waals surface area (Å²) in [5.41, 5.74) is 2.85. The Balaban J connectivity index is 1.58. The van der Waals surface area contributed by atoms with Crippen LogP contribution in [0.4, 0.5) is 5.69 Å². The van der Waals surface area contributed by atoms with E-state index in [-0.39, 0.29) is 30.0 Å². The van der Waals surface area contributed by atoms with E-state index in [4.69, 9.17) is 0 Å². The van der Waals surface area contributed by atoms with Crippen molar-refractivity contribution < 1.29 is 9.90 Å². The van der Waals surface area contributed by atoms with Gasteiger partial charge < -0.3 is 14.9 Å². The first-order valence-corrected chi connectivity index (χ1v) is 9.79. The average Bonchev–Trinajstić information content (AvgIpc) is 3.24. The number of hydrogen-bond donors (Lipinski definition) is 1. The Hall–Kier alpha value is -2.33. The number of anilines is 1. The van der Waals surface area contributed by atoms with E-state index in [0.29, 0.717) is 0 Å². The van der Waals surface area contributed by atoms with Crippen molar-refractivity contribution >= 4 is 11.6 Å². The smallest absolute Gasteiger partial charge is 0.254 e. The summed E-state index contributed by atoms with van der Waals surface area (Å²) in [5, 5.41) is 10.3. The summed E-state index contributed by atoms with van der Waals surface area (Å²) in [7, 11) is 3.99. The van der Waals surface area contributed by atoms with Crippen LogP contribution in [-0.4, -0.2) is 48.7 Å². The van der Waals surface area contributed by atoms with Crippen LogP contribution in [0.1, 0.15) is 35.2 Å². The van der Waals surface area contributed by atoms with Gasteiger partial charge in [0.25, 0.3) is 5.91 Å². The molecule has 4 rings (SSSR count). The molecule has 2 fully saturated rings. The summed E-state index contributed by atoms with van der Waals surface area (Å²) < 4.78 is 0. The molecule has 1 amide bonds. The Morgan fingerprint density at radius 2 is 1.81 bits per heavy atom. The van der Waals surface area contributed by atoms with Gasteiger partial charge in [-0.3, -0.25) is 4.79 Å². The molecule has 2 bridgehead atoms. The number of amides is 1. The summed E-state index contributed by atoms with van der Waals surface area (Å²) in [5.74, 6) is 0.108. The maximum Gasteiger partial charge on any atom is 0.254 e. The number of fused-ring (bicyclic) bond motifs is 2. The van der Waals surface area contributed by atoms with Gasteiger partial charge in [-0.15, -0.1) is 0 Å². The first-order chi connectivity index (χ1) is 13.0. The van der Waals surface area contributed by atoms with Crippen molar-refractivity contribution in [2.24, 2.45) is 5.41 Å². The Bertz CT molecular complexity index is 803. The van der Waals surface area contributed by atoms with Gasteiger partial charge in [-0.2, -0.15) is 0 Å². The van der Waals surface area contributed by atoms with E-state index in [1.54, 1.807) is 0 Å². The molecule has 4 nitrogen and oxygen atoms in total. The van der Waals surface area contributed by atoms with Crippen LogP contribution in [0.15, 0.2) is 54.6 Å². The summed E-state index contributed by atoms with van der Waals surface area (Å²) in [6.07, 6.45) is 3.75. The molecule has 0 aromatic heterocycles. The molecule has 2 aromatic rings. The van der Waals surface area contributed by atoms with Gasteiger partial charge in [0.1, 0.15) is 0 Å². The minimum absolute atomic E-state index is 0.108. The summed E-state index contributed by atoms with van der Waals surface area (Å²) >= 11 is 0. The highest BCUT2D eigenvalue weighted by atomic mass is 16.3. The highest BCUT2D eigenvalue weighted by Gasteiger charge is 2.57. The lowest BCUT2D eigenvalue weighted by Crippen LogP contribution is -2.43. The van der Waals surface area contributed by atoms with Crippen molar-refractivity contribution in [2.45, 2.75) is 37.8 Å². The first-order valence-electron chi connectivity index (χ1n) is 9.79. The van der Waals surface area contributed by atoms with E-state index in [0.717, 1.165) is 36.9 Å². The van der Waals surface area contributed by atoms with E-state index in [1.807, 2.05) is 61.5 Å². The fourth-order valence-electron chi connectivity index (χ4n) is 5.07. The third-order valence-corrected chi connectivity index (χ3v) is 6.43. The summed E-state index contributed by atoms with van der Waals surface area (Å²) in [6.45, 7) is 0.131. The highest BCUT2D eigenvalue weighted by Crippen LogP contribution is 2.51. The molecule has 3 atom stereocenters. The lowest BCUT2D eigenvalue weighted by atomic mass is 9.70. The SMILES string of the molecule is CN(C)c1ccc(C(=O)N2[C@@H]3CC[C@H]2[C@](CO)(Cc2ccccc2)C3)cc1. The molecule has 0 spiro atoms. The van der Waals surface area contributed by atoms with Gasteiger partial charge in [-0.25, -0.2) is 0 Å². The predicted molar refractivity (Wildman–Crippen MR) is 108 cm³/mol. The lowest BCUT2D eigenvalue weighted by Gasteiger charge is -2.36. The van der Waals surface area contributed by atoms with Gasteiger partial charge >= 0.3 is 0 Å². The molecule has 2 aliphatic rings. The van der Waals surface area contributed by atoms with Crippen molar-refractivity contribution in [2.75, 3.05) is 25.6 Å². The van der Waals surface area contributed by atoms with Crippen LogP contribution < -0.4 is 4.90 Å². The van der Waals surface area contributed by atoms with Gasteiger partial charge in [0, 0.05) is 42.8 Å². The Morgan fingerprint density at radius 1 is 1.11 bits per heavy atom. The normalized spacial score (nSPS) is 26.4. The third kappa shape index (κ3) is 3.12. The van der Waals surface area contributed by atoms with E-state index < -0.39 is 0 Å². The largest absolute Gasteiger partial charge is 0.396 e. The molecular weight excluding hydrogens is 336 g/mol. The van der Waals surface area contributed by atoms with Crippen molar-refractivity contribution in [3.05, 3.63) is 65.7 Å². The summed E-state index contributed by atoms with van der Waals surface area (Å²) in [6, 6.07) is 18.5. The molecule has 0 aliphatic carbocycles. The zero-order valence-electron chi connectivity index (χ0n) is 16.1. The molecule has 4 heteroatoms. The molecule has 2 heterocycles. The number of hydrogen-bond acceptors (Lipinski definition) is 3. The van der Waals surface area contributed by atoms with Crippen molar-refractivity contribution in [1.82, 2.24) is 4.90 Å². The number of nitrogens with zero attached hydrogens (tertiary/aromatic N) is 2. The van der Waals surface area contributed by atoms with Crippen molar-refractivity contribution in [3.63, 3.8) is 0 Å². The maximum atomic E-state index is 13.3. The molecule has 2 aromatic carbocycles. The molecule has 142 valence electrons. The van der Waals surface area contributed by atoms with Gasteiger partial charge in [0.2, 0.25) is 0 Å². The van der Waals surface area contributed by atoms with Crippen LogP contribution in [0, 0.1) is 5.41 Å². The number of aliphatic hydroxyl groups excluding tert-OH is 1. The monoisotopic (exact) mass is 364 g/mol. The average molecular weight is 364 g/mol. The Morgan fingerprint density at radius 3 is 2.44 bits per heavy atom. The molecule has 0 radical (unpaired) electrons. The summed E-state index contributed by atoms with van der Waals surface area (Å²) in [4.78, 5) is 17.4. The van der Waals surface area contributed by atoms with Crippen LogP contribution >= 0.6 is 0 Å². The van der Waals surface area contributed by atoms with Crippen molar-refractivity contribution in [1.29, 1.82) is 0 Å². The van der Waals surface area contributed by atoms with Gasteiger partial charge in [-0.05, 0) is 55.5 Å². The van der Waals surface area contributed by atoms with Gasteiger partial charge in [0.05, 0.1) is 6.61 Å². The quantitative estimate of drug-likeness (QED) is 0.885. The first kappa shape index (κ1) is 18.1. The second-order valence-electron chi connectivity index (χ2n) is 8.29. The van der Waals surface area contributed by atoms with E-state index >= 15 is 0 Å². The highest BCUT2D eigenvalue weighted by molar-refractivity contribution is 5.95. The standard InChI is InChI=1S/C23H28N2O2/c1-24(2)19-10-8-18(9-11-19)22(27)25-20-12-13-21(25)23(15-20,16-26)14-17-6-4-3-5-7-17/h3-11,20-21,26H,12-16H2,1-2H3/t20-,21+,23-/m1/s1. The zero-order chi connectivity index (χ0) is 19.0. The molecule has 27 heavy (non-hydrogen) atoms. The van der Waals surface area contributed by atoms with Gasteiger partial charge in [0.15, 0.2) is 0 Å². The lowest BCUT2D eigenvalue weighted by molar-refractivity contribution is 0.0571.